The highest BCUT2D eigenvalue weighted by Gasteiger charge is 2.10. The topological polar surface area (TPSA) is 53.1 Å². The summed E-state index contributed by atoms with van der Waals surface area (Å²) >= 11 is 0. The van der Waals surface area contributed by atoms with Crippen molar-refractivity contribution in [3.05, 3.63) is 72.5 Å². The number of imidazole rings is 1. The molecule has 0 N–H and O–H groups in total. The zero-order chi connectivity index (χ0) is 19.7. The molecule has 0 radical (unpaired) electrons. The molecular formula is C24H29N3O2. The first-order valence-electron chi connectivity index (χ1n) is 10.7. The molecule has 1 saturated carbocycles. The maximum Gasteiger partial charge on any atom is 0.218 e. The number of ether oxygens (including phenoxy) is 1. The monoisotopic (exact) mass is 391 g/mol. The summed E-state index contributed by atoms with van der Waals surface area (Å²) in [5.41, 5.74) is 2.13. The van der Waals surface area contributed by atoms with Gasteiger partial charge < -0.3 is 13.7 Å². The molecule has 1 aromatic carbocycles. The van der Waals surface area contributed by atoms with Gasteiger partial charge in [0, 0.05) is 18.9 Å². The van der Waals surface area contributed by atoms with Crippen LogP contribution in [0.15, 0.2) is 59.7 Å². The third-order valence-electron chi connectivity index (χ3n) is 5.48. The van der Waals surface area contributed by atoms with E-state index in [0.717, 1.165) is 30.8 Å². The van der Waals surface area contributed by atoms with Crippen LogP contribution in [0, 0.1) is 5.92 Å². The Morgan fingerprint density at radius 2 is 2.00 bits per heavy atom. The van der Waals surface area contributed by atoms with Crippen LogP contribution in [-0.2, 0) is 19.6 Å². The molecule has 2 aromatic heterocycles. The van der Waals surface area contributed by atoms with Crippen LogP contribution in [-0.4, -0.2) is 14.5 Å². The van der Waals surface area contributed by atoms with E-state index >= 15 is 0 Å². The molecule has 5 heteroatoms. The summed E-state index contributed by atoms with van der Waals surface area (Å²) in [5, 5.41) is 0. The number of oxazole rings is 1. The van der Waals surface area contributed by atoms with Crippen molar-refractivity contribution in [2.24, 2.45) is 5.92 Å². The minimum atomic E-state index is 0.417. The van der Waals surface area contributed by atoms with Crippen LogP contribution < -0.4 is 4.74 Å². The molecular weight excluding hydrogens is 362 g/mol. The Morgan fingerprint density at radius 1 is 1.14 bits per heavy atom. The quantitative estimate of drug-likeness (QED) is 0.471. The maximum absolute atomic E-state index is 5.86. The van der Waals surface area contributed by atoms with Gasteiger partial charge in [-0.3, -0.25) is 0 Å². The summed E-state index contributed by atoms with van der Waals surface area (Å²) in [7, 11) is 0. The molecule has 0 amide bonds. The Kier molecular flexibility index (Phi) is 6.79. The van der Waals surface area contributed by atoms with E-state index in [1.165, 1.54) is 37.7 Å². The van der Waals surface area contributed by atoms with Crippen molar-refractivity contribution in [3.8, 4) is 5.75 Å². The summed E-state index contributed by atoms with van der Waals surface area (Å²) in [4.78, 5) is 8.58. The number of allylic oxidation sites excluding steroid dienone is 1. The van der Waals surface area contributed by atoms with Crippen LogP contribution in [0.4, 0.5) is 0 Å². The van der Waals surface area contributed by atoms with E-state index in [9.17, 15) is 0 Å². The molecule has 1 aliphatic carbocycles. The summed E-state index contributed by atoms with van der Waals surface area (Å²) in [6.07, 6.45) is 20.4. The molecule has 29 heavy (non-hydrogen) atoms. The molecule has 0 spiro atoms. The van der Waals surface area contributed by atoms with Gasteiger partial charge >= 0.3 is 0 Å². The van der Waals surface area contributed by atoms with E-state index in [4.69, 9.17) is 9.15 Å². The number of rotatable bonds is 9. The molecule has 0 unspecified atom stereocenters. The van der Waals surface area contributed by atoms with Gasteiger partial charge in [-0.1, -0.05) is 37.5 Å². The largest absolute Gasteiger partial charge is 0.487 e. The SMILES string of the molecule is C(=CC1CCCCC1)c1nc(COc2ccc(CCCn3ccnc3)cc2)co1. The van der Waals surface area contributed by atoms with E-state index in [1.807, 2.05) is 36.9 Å². The summed E-state index contributed by atoms with van der Waals surface area (Å²) in [6.45, 7) is 1.41. The Labute approximate surface area is 172 Å². The van der Waals surface area contributed by atoms with E-state index in [1.54, 1.807) is 6.26 Å². The first-order chi connectivity index (χ1) is 14.3. The van der Waals surface area contributed by atoms with Crippen LogP contribution in [0.2, 0.25) is 0 Å². The lowest BCUT2D eigenvalue weighted by Gasteiger charge is -2.17. The predicted molar refractivity (Wildman–Crippen MR) is 113 cm³/mol. The molecule has 152 valence electrons. The fraction of sp³-hybridized carbons (Fsp3) is 0.417. The molecule has 1 aliphatic rings. The second-order valence-electron chi connectivity index (χ2n) is 7.77. The molecule has 0 saturated heterocycles. The van der Waals surface area contributed by atoms with Crippen molar-refractivity contribution in [1.29, 1.82) is 0 Å². The first-order valence-corrected chi connectivity index (χ1v) is 10.7. The number of hydrogen-bond donors (Lipinski definition) is 0. The number of aromatic nitrogens is 3. The van der Waals surface area contributed by atoms with Gasteiger partial charge in [0.05, 0.1) is 6.33 Å². The number of aryl methyl sites for hydroxylation is 2. The number of hydrogen-bond acceptors (Lipinski definition) is 4. The molecule has 1 fully saturated rings. The van der Waals surface area contributed by atoms with Gasteiger partial charge in [0.1, 0.15) is 24.3 Å². The predicted octanol–water partition coefficient (Wildman–Crippen LogP) is 5.68. The number of benzene rings is 1. The normalized spacial score (nSPS) is 15.2. The zero-order valence-corrected chi connectivity index (χ0v) is 16.9. The van der Waals surface area contributed by atoms with Crippen LogP contribution in [0.25, 0.3) is 6.08 Å². The minimum absolute atomic E-state index is 0.417. The number of nitrogens with zero attached hydrogens (tertiary/aromatic N) is 3. The van der Waals surface area contributed by atoms with Crippen LogP contribution in [0.1, 0.15) is 55.7 Å². The fourth-order valence-electron chi connectivity index (χ4n) is 3.80. The third kappa shape index (κ3) is 6.08. The fourth-order valence-corrected chi connectivity index (χ4v) is 3.80. The van der Waals surface area contributed by atoms with Crippen LogP contribution >= 0.6 is 0 Å². The lowest BCUT2D eigenvalue weighted by atomic mass is 9.89. The molecule has 5 nitrogen and oxygen atoms in total. The summed E-state index contributed by atoms with van der Waals surface area (Å²) in [5.74, 6) is 2.20. The van der Waals surface area contributed by atoms with Gasteiger partial charge in [0.25, 0.3) is 0 Å². The van der Waals surface area contributed by atoms with Crippen molar-refractivity contribution >= 4 is 6.08 Å². The highest BCUT2D eigenvalue weighted by Crippen LogP contribution is 2.25. The average Bonchev–Trinajstić information content (AvgIpc) is 3.45. The van der Waals surface area contributed by atoms with Crippen LogP contribution in [0.3, 0.4) is 0 Å². The van der Waals surface area contributed by atoms with Gasteiger partial charge in [0.2, 0.25) is 5.89 Å². The van der Waals surface area contributed by atoms with E-state index in [2.05, 4.69) is 32.7 Å². The lowest BCUT2D eigenvalue weighted by Crippen LogP contribution is -2.02. The molecule has 0 atom stereocenters. The second kappa shape index (κ2) is 10.1. The minimum Gasteiger partial charge on any atom is -0.487 e. The van der Waals surface area contributed by atoms with Gasteiger partial charge in [0.15, 0.2) is 0 Å². The smallest absolute Gasteiger partial charge is 0.218 e. The molecule has 2 heterocycles. The first kappa shape index (κ1) is 19.5. The van der Waals surface area contributed by atoms with Crippen LogP contribution in [0.5, 0.6) is 5.75 Å². The third-order valence-corrected chi connectivity index (χ3v) is 5.48. The Morgan fingerprint density at radius 3 is 2.79 bits per heavy atom. The molecule has 3 aromatic rings. The molecule has 4 rings (SSSR count). The van der Waals surface area contributed by atoms with Crippen molar-refractivity contribution < 1.29 is 9.15 Å². The highest BCUT2D eigenvalue weighted by molar-refractivity contribution is 5.38. The van der Waals surface area contributed by atoms with Gasteiger partial charge in [-0.05, 0) is 55.4 Å². The Hall–Kier alpha value is -2.82. The maximum atomic E-state index is 5.86. The van der Waals surface area contributed by atoms with Gasteiger partial charge in [-0.2, -0.15) is 0 Å². The molecule has 0 aliphatic heterocycles. The van der Waals surface area contributed by atoms with E-state index in [-0.39, 0.29) is 0 Å². The van der Waals surface area contributed by atoms with Gasteiger partial charge in [-0.15, -0.1) is 0 Å². The van der Waals surface area contributed by atoms with Gasteiger partial charge in [-0.25, -0.2) is 9.97 Å². The second-order valence-corrected chi connectivity index (χ2v) is 7.77. The van der Waals surface area contributed by atoms with Crippen molar-refractivity contribution in [1.82, 2.24) is 14.5 Å². The van der Waals surface area contributed by atoms with E-state index in [0.29, 0.717) is 18.4 Å². The van der Waals surface area contributed by atoms with E-state index < -0.39 is 0 Å². The average molecular weight is 392 g/mol. The molecule has 0 bridgehead atoms. The lowest BCUT2D eigenvalue weighted by molar-refractivity contribution is 0.301. The van der Waals surface area contributed by atoms with Crippen molar-refractivity contribution in [3.63, 3.8) is 0 Å². The zero-order valence-electron chi connectivity index (χ0n) is 16.9. The highest BCUT2D eigenvalue weighted by atomic mass is 16.5. The Bertz CT molecular complexity index is 875. The Balaban J connectivity index is 1.20. The summed E-state index contributed by atoms with van der Waals surface area (Å²) in [6, 6.07) is 8.31. The van der Waals surface area contributed by atoms with Crippen molar-refractivity contribution in [2.75, 3.05) is 0 Å². The standard InChI is InChI=1S/C24H29N3O2/c1-2-5-20(6-3-1)10-13-24-26-22(18-29-24)17-28-23-11-8-21(9-12-23)7-4-15-27-16-14-25-19-27/h8-14,16,18-20H,1-7,15,17H2. The van der Waals surface area contributed by atoms with Crippen molar-refractivity contribution in [2.45, 2.75) is 58.1 Å². The summed E-state index contributed by atoms with van der Waals surface area (Å²) < 4.78 is 13.5.